The van der Waals surface area contributed by atoms with E-state index in [1.807, 2.05) is 6.92 Å². The van der Waals surface area contributed by atoms with Crippen molar-refractivity contribution in [1.82, 2.24) is 20.2 Å². The lowest BCUT2D eigenvalue weighted by Gasteiger charge is -2.00. The zero-order chi connectivity index (χ0) is 11.5. The molecular formula is C9H9N5OS. The maximum absolute atomic E-state index is 11.1. The van der Waals surface area contributed by atoms with E-state index in [1.54, 1.807) is 0 Å². The van der Waals surface area contributed by atoms with E-state index in [9.17, 15) is 4.79 Å². The summed E-state index contributed by atoms with van der Waals surface area (Å²) in [4.78, 5) is 19.1. The first-order valence-electron chi connectivity index (χ1n) is 4.55. The standard InChI is InChI=1S/C9H9N5OS/c1-5-13-14-7(16-5)4-6-8(9(10)15)12-3-2-11-6/h2-3H,4H2,1H3,(H2,10,15). The molecule has 0 aliphatic heterocycles. The highest BCUT2D eigenvalue weighted by molar-refractivity contribution is 7.11. The summed E-state index contributed by atoms with van der Waals surface area (Å²) in [6.07, 6.45) is 3.39. The molecule has 6 nitrogen and oxygen atoms in total. The van der Waals surface area contributed by atoms with Crippen LogP contribution in [0, 0.1) is 6.92 Å². The molecule has 0 spiro atoms. The quantitative estimate of drug-likeness (QED) is 0.827. The van der Waals surface area contributed by atoms with E-state index in [0.29, 0.717) is 12.1 Å². The van der Waals surface area contributed by atoms with Gasteiger partial charge in [-0.15, -0.1) is 21.5 Å². The zero-order valence-corrected chi connectivity index (χ0v) is 9.36. The number of carbonyl (C=O) groups is 1. The molecule has 0 aliphatic rings. The third-order valence-electron chi connectivity index (χ3n) is 1.89. The van der Waals surface area contributed by atoms with Gasteiger partial charge in [0.2, 0.25) is 0 Å². The van der Waals surface area contributed by atoms with Crippen LogP contribution in [0.25, 0.3) is 0 Å². The van der Waals surface area contributed by atoms with Gasteiger partial charge in [-0.1, -0.05) is 0 Å². The normalized spacial score (nSPS) is 10.3. The molecule has 0 atom stereocenters. The molecule has 0 aromatic carbocycles. The number of nitrogens with two attached hydrogens (primary N) is 1. The van der Waals surface area contributed by atoms with Crippen LogP contribution < -0.4 is 5.73 Å². The van der Waals surface area contributed by atoms with Crippen molar-refractivity contribution in [3.05, 3.63) is 33.8 Å². The molecule has 16 heavy (non-hydrogen) atoms. The van der Waals surface area contributed by atoms with Crippen LogP contribution in [0.4, 0.5) is 0 Å². The molecule has 0 fully saturated rings. The fourth-order valence-corrected chi connectivity index (χ4v) is 1.97. The van der Waals surface area contributed by atoms with Crippen LogP contribution in [0.3, 0.4) is 0 Å². The number of hydrogen-bond donors (Lipinski definition) is 1. The van der Waals surface area contributed by atoms with Gasteiger partial charge in [-0.3, -0.25) is 9.78 Å². The highest BCUT2D eigenvalue weighted by atomic mass is 32.1. The van der Waals surface area contributed by atoms with E-state index >= 15 is 0 Å². The van der Waals surface area contributed by atoms with Gasteiger partial charge < -0.3 is 5.73 Å². The van der Waals surface area contributed by atoms with Crippen LogP contribution in [-0.2, 0) is 6.42 Å². The summed E-state index contributed by atoms with van der Waals surface area (Å²) in [6, 6.07) is 0. The molecule has 82 valence electrons. The van der Waals surface area contributed by atoms with Gasteiger partial charge in [0.1, 0.15) is 15.7 Å². The summed E-state index contributed by atoms with van der Waals surface area (Å²) in [5, 5.41) is 9.52. The SMILES string of the molecule is Cc1nnc(Cc2nccnc2C(N)=O)s1. The molecule has 7 heteroatoms. The molecule has 2 heterocycles. The Morgan fingerprint density at radius 2 is 2.12 bits per heavy atom. The van der Waals surface area contributed by atoms with E-state index in [2.05, 4.69) is 20.2 Å². The van der Waals surface area contributed by atoms with Gasteiger partial charge in [0.05, 0.1) is 5.69 Å². The second kappa shape index (κ2) is 4.31. The number of rotatable bonds is 3. The first-order chi connectivity index (χ1) is 7.66. The van der Waals surface area contributed by atoms with Crippen molar-refractivity contribution >= 4 is 17.2 Å². The third-order valence-corrected chi connectivity index (χ3v) is 2.73. The minimum absolute atomic E-state index is 0.190. The number of hydrogen-bond acceptors (Lipinski definition) is 6. The smallest absolute Gasteiger partial charge is 0.269 e. The maximum atomic E-state index is 11.1. The largest absolute Gasteiger partial charge is 0.364 e. The van der Waals surface area contributed by atoms with E-state index in [4.69, 9.17) is 5.73 Å². The van der Waals surface area contributed by atoms with Crippen LogP contribution in [0.5, 0.6) is 0 Å². The summed E-state index contributed by atoms with van der Waals surface area (Å²) in [5.74, 6) is -0.579. The summed E-state index contributed by atoms with van der Waals surface area (Å²) in [7, 11) is 0. The van der Waals surface area contributed by atoms with E-state index in [-0.39, 0.29) is 5.69 Å². The molecular weight excluding hydrogens is 226 g/mol. The molecule has 0 saturated heterocycles. The van der Waals surface area contributed by atoms with E-state index in [0.717, 1.165) is 10.0 Å². The minimum atomic E-state index is -0.579. The summed E-state index contributed by atoms with van der Waals surface area (Å²) in [5.41, 5.74) is 5.92. The van der Waals surface area contributed by atoms with Crippen molar-refractivity contribution in [2.45, 2.75) is 13.3 Å². The van der Waals surface area contributed by atoms with Crippen LogP contribution in [0.15, 0.2) is 12.4 Å². The van der Waals surface area contributed by atoms with Crippen molar-refractivity contribution < 1.29 is 4.79 Å². The Morgan fingerprint density at radius 1 is 1.38 bits per heavy atom. The Morgan fingerprint density at radius 3 is 2.75 bits per heavy atom. The van der Waals surface area contributed by atoms with Crippen molar-refractivity contribution in [1.29, 1.82) is 0 Å². The number of aryl methyl sites for hydroxylation is 1. The molecule has 2 aromatic heterocycles. The predicted molar refractivity (Wildman–Crippen MR) is 58.0 cm³/mol. The van der Waals surface area contributed by atoms with Gasteiger partial charge in [-0.05, 0) is 6.92 Å². The Labute approximate surface area is 95.6 Å². The fraction of sp³-hybridized carbons (Fsp3) is 0.222. The van der Waals surface area contributed by atoms with Crippen molar-refractivity contribution in [2.75, 3.05) is 0 Å². The van der Waals surface area contributed by atoms with Gasteiger partial charge in [0.25, 0.3) is 5.91 Å². The summed E-state index contributed by atoms with van der Waals surface area (Å²) < 4.78 is 0. The average molecular weight is 235 g/mol. The molecule has 1 amide bonds. The third kappa shape index (κ3) is 2.19. The Hall–Kier alpha value is -1.89. The van der Waals surface area contributed by atoms with Gasteiger partial charge in [0.15, 0.2) is 0 Å². The predicted octanol–water partition coefficient (Wildman–Crippen LogP) is 0.326. The topological polar surface area (TPSA) is 94.7 Å². The molecule has 2 rings (SSSR count). The van der Waals surface area contributed by atoms with Crippen molar-refractivity contribution in [3.63, 3.8) is 0 Å². The monoisotopic (exact) mass is 235 g/mol. The van der Waals surface area contributed by atoms with Crippen LogP contribution >= 0.6 is 11.3 Å². The molecule has 0 saturated carbocycles. The van der Waals surface area contributed by atoms with E-state index < -0.39 is 5.91 Å². The maximum Gasteiger partial charge on any atom is 0.269 e. The average Bonchev–Trinajstić information content (AvgIpc) is 2.64. The van der Waals surface area contributed by atoms with Gasteiger partial charge in [0, 0.05) is 18.8 Å². The van der Waals surface area contributed by atoms with Crippen LogP contribution in [-0.4, -0.2) is 26.1 Å². The van der Waals surface area contributed by atoms with Crippen LogP contribution in [0.2, 0.25) is 0 Å². The molecule has 2 N–H and O–H groups in total. The number of primary amides is 1. The molecule has 0 bridgehead atoms. The number of carbonyl (C=O) groups excluding carboxylic acids is 1. The second-order valence-corrected chi connectivity index (χ2v) is 4.37. The Bertz CT molecular complexity index is 524. The first kappa shape index (κ1) is 10.6. The van der Waals surface area contributed by atoms with Crippen LogP contribution in [0.1, 0.15) is 26.2 Å². The Balaban J connectivity index is 2.31. The van der Waals surface area contributed by atoms with E-state index in [1.165, 1.54) is 23.7 Å². The van der Waals surface area contributed by atoms with Gasteiger partial charge >= 0.3 is 0 Å². The molecule has 0 radical (unpaired) electrons. The number of amides is 1. The summed E-state index contributed by atoms with van der Waals surface area (Å²) >= 11 is 1.46. The minimum Gasteiger partial charge on any atom is -0.364 e. The molecule has 2 aromatic rings. The number of nitrogens with zero attached hydrogens (tertiary/aromatic N) is 4. The lowest BCUT2D eigenvalue weighted by molar-refractivity contribution is 0.0994. The zero-order valence-electron chi connectivity index (χ0n) is 8.54. The lowest BCUT2D eigenvalue weighted by atomic mass is 10.2. The lowest BCUT2D eigenvalue weighted by Crippen LogP contribution is -2.17. The first-order valence-corrected chi connectivity index (χ1v) is 5.37. The van der Waals surface area contributed by atoms with Crippen molar-refractivity contribution in [3.8, 4) is 0 Å². The molecule has 0 unspecified atom stereocenters. The Kier molecular flexibility index (Phi) is 2.86. The summed E-state index contributed by atoms with van der Waals surface area (Å²) in [6.45, 7) is 1.87. The molecule has 0 aliphatic carbocycles. The van der Waals surface area contributed by atoms with Gasteiger partial charge in [-0.25, -0.2) is 4.98 Å². The van der Waals surface area contributed by atoms with Crippen molar-refractivity contribution in [2.24, 2.45) is 5.73 Å². The fourth-order valence-electron chi connectivity index (χ4n) is 1.25. The van der Waals surface area contributed by atoms with Gasteiger partial charge in [-0.2, -0.15) is 0 Å². The second-order valence-electron chi connectivity index (χ2n) is 3.11. The number of aromatic nitrogens is 4. The highest BCUT2D eigenvalue weighted by Gasteiger charge is 2.12. The highest BCUT2D eigenvalue weighted by Crippen LogP contribution is 2.13.